The quantitative estimate of drug-likeness (QED) is 0.860. The molecule has 0 spiro atoms. The molecule has 1 aliphatic heterocycles. The zero-order chi connectivity index (χ0) is 16.6. The van der Waals surface area contributed by atoms with Gasteiger partial charge < -0.3 is 9.94 Å². The fourth-order valence-electron chi connectivity index (χ4n) is 2.57. The summed E-state index contributed by atoms with van der Waals surface area (Å²) in [4.78, 5) is 16.6. The van der Waals surface area contributed by atoms with Gasteiger partial charge in [-0.25, -0.2) is 4.79 Å². The molecule has 1 aliphatic rings. The molecule has 6 heteroatoms. The summed E-state index contributed by atoms with van der Waals surface area (Å²) in [6.07, 6.45) is 0.323. The molecule has 1 atom stereocenters. The third kappa shape index (κ3) is 3.33. The van der Waals surface area contributed by atoms with E-state index in [-0.39, 0.29) is 11.7 Å². The highest BCUT2D eigenvalue weighted by atomic mass is 35.5. The molecule has 0 saturated carbocycles. The monoisotopic (exact) mass is 349 g/mol. The van der Waals surface area contributed by atoms with Crippen molar-refractivity contribution in [3.8, 4) is 0 Å². The Labute approximate surface area is 143 Å². The van der Waals surface area contributed by atoms with Crippen LogP contribution in [0, 0.1) is 6.92 Å². The average molecular weight is 350 g/mol. The summed E-state index contributed by atoms with van der Waals surface area (Å²) in [5, 5.41) is 14.3. The number of carboxylic acid groups (broad SMARTS) is 1. The van der Waals surface area contributed by atoms with Gasteiger partial charge in [0, 0.05) is 16.5 Å². The van der Waals surface area contributed by atoms with E-state index < -0.39 is 5.97 Å². The van der Waals surface area contributed by atoms with Gasteiger partial charge in [0.2, 0.25) is 0 Å². The van der Waals surface area contributed by atoms with E-state index in [0.29, 0.717) is 22.0 Å². The van der Waals surface area contributed by atoms with E-state index in [1.54, 1.807) is 43.3 Å². The molecule has 2 aromatic rings. The number of aromatic carboxylic acids is 1. The lowest BCUT2D eigenvalue weighted by Gasteiger charge is -2.09. The molecule has 4 nitrogen and oxygen atoms in total. The van der Waals surface area contributed by atoms with Gasteiger partial charge in [0.1, 0.15) is 0 Å². The Balaban J connectivity index is 1.82. The van der Waals surface area contributed by atoms with Gasteiger partial charge in [-0.15, -0.1) is 0 Å². The molecule has 3 rings (SSSR count). The van der Waals surface area contributed by atoms with E-state index in [1.165, 1.54) is 0 Å². The average Bonchev–Trinajstić information content (AvgIpc) is 2.95. The smallest absolute Gasteiger partial charge is 0.335 e. The summed E-state index contributed by atoms with van der Waals surface area (Å²) in [6.45, 7) is 1.76. The van der Waals surface area contributed by atoms with Crippen LogP contribution in [0.25, 0.3) is 0 Å². The van der Waals surface area contributed by atoms with Crippen LogP contribution in [0.4, 0.5) is 0 Å². The zero-order valence-corrected chi connectivity index (χ0v) is 13.7. The number of rotatable bonds is 3. The largest absolute Gasteiger partial charge is 0.478 e. The maximum absolute atomic E-state index is 11.1. The molecular weight excluding hydrogens is 337 g/mol. The van der Waals surface area contributed by atoms with E-state index in [2.05, 4.69) is 5.16 Å². The normalized spacial score (nSPS) is 16.8. The predicted molar refractivity (Wildman–Crippen MR) is 89.6 cm³/mol. The number of carbonyl (C=O) groups is 1. The number of nitrogens with zero attached hydrogens (tertiary/aromatic N) is 1. The summed E-state index contributed by atoms with van der Waals surface area (Å²) >= 11 is 12.0. The van der Waals surface area contributed by atoms with Crippen LogP contribution in [0.3, 0.4) is 0 Å². The van der Waals surface area contributed by atoms with Crippen LogP contribution in [0.5, 0.6) is 0 Å². The minimum atomic E-state index is -0.940. The Morgan fingerprint density at radius 2 is 1.91 bits per heavy atom. The van der Waals surface area contributed by atoms with Crippen LogP contribution in [-0.2, 0) is 4.84 Å². The third-order valence-electron chi connectivity index (χ3n) is 3.72. The molecule has 0 fully saturated rings. The molecule has 0 aliphatic carbocycles. The maximum atomic E-state index is 11.1. The molecule has 0 aromatic heterocycles. The van der Waals surface area contributed by atoms with Crippen molar-refractivity contribution in [2.45, 2.75) is 19.4 Å². The minimum absolute atomic E-state index is 0.249. The Hall–Kier alpha value is -2.04. The van der Waals surface area contributed by atoms with E-state index in [9.17, 15) is 4.79 Å². The number of carboxylic acids is 1. The van der Waals surface area contributed by atoms with E-state index >= 15 is 0 Å². The molecule has 118 valence electrons. The molecule has 2 aromatic carbocycles. The minimum Gasteiger partial charge on any atom is -0.478 e. The van der Waals surface area contributed by atoms with Crippen molar-refractivity contribution in [2.75, 3.05) is 0 Å². The summed E-state index contributed by atoms with van der Waals surface area (Å²) in [7, 11) is 0. The molecule has 0 unspecified atom stereocenters. The summed E-state index contributed by atoms with van der Waals surface area (Å²) in [6, 6.07) is 10.4. The Morgan fingerprint density at radius 3 is 2.52 bits per heavy atom. The fraction of sp³-hybridized carbons (Fsp3) is 0.176. The molecule has 0 amide bonds. The summed E-state index contributed by atoms with van der Waals surface area (Å²) in [5.41, 5.74) is 3.45. The molecule has 1 N–H and O–H groups in total. The van der Waals surface area contributed by atoms with E-state index in [0.717, 1.165) is 16.8 Å². The van der Waals surface area contributed by atoms with Crippen LogP contribution >= 0.6 is 23.2 Å². The molecule has 0 saturated heterocycles. The van der Waals surface area contributed by atoms with Crippen molar-refractivity contribution in [3.05, 3.63) is 68.7 Å². The Morgan fingerprint density at radius 1 is 1.22 bits per heavy atom. The third-order valence-corrected chi connectivity index (χ3v) is 4.15. The summed E-state index contributed by atoms with van der Waals surface area (Å²) in [5.74, 6) is -0.940. The first-order chi connectivity index (χ1) is 10.9. The van der Waals surface area contributed by atoms with Gasteiger partial charge >= 0.3 is 5.97 Å². The van der Waals surface area contributed by atoms with E-state index in [1.807, 2.05) is 0 Å². The second-order valence-corrected chi connectivity index (χ2v) is 6.25. The van der Waals surface area contributed by atoms with Gasteiger partial charge in [0.05, 0.1) is 11.3 Å². The topological polar surface area (TPSA) is 58.9 Å². The van der Waals surface area contributed by atoms with Crippen LogP contribution in [0.1, 0.15) is 39.6 Å². The van der Waals surface area contributed by atoms with Crippen molar-refractivity contribution in [1.29, 1.82) is 0 Å². The van der Waals surface area contributed by atoms with Crippen LogP contribution in [0.15, 0.2) is 41.6 Å². The number of halogens is 2. The SMILES string of the molecule is Cc1cc(C2=NO[C@@H](c3cc(Cl)cc(Cl)c3)C2)ccc1C(=O)O. The van der Waals surface area contributed by atoms with Crippen molar-refractivity contribution in [2.24, 2.45) is 5.16 Å². The highest BCUT2D eigenvalue weighted by Crippen LogP contribution is 2.33. The number of oxime groups is 1. The van der Waals surface area contributed by atoms with Crippen molar-refractivity contribution in [3.63, 3.8) is 0 Å². The van der Waals surface area contributed by atoms with Crippen molar-refractivity contribution < 1.29 is 14.7 Å². The van der Waals surface area contributed by atoms with Gasteiger partial charge in [0.25, 0.3) is 0 Å². The van der Waals surface area contributed by atoms with Gasteiger partial charge in [-0.3, -0.25) is 0 Å². The predicted octanol–water partition coefficient (Wildman–Crippen LogP) is 4.87. The summed E-state index contributed by atoms with van der Waals surface area (Å²) < 4.78 is 0. The van der Waals surface area contributed by atoms with E-state index in [4.69, 9.17) is 33.1 Å². The maximum Gasteiger partial charge on any atom is 0.335 e. The number of hydrogen-bond donors (Lipinski definition) is 1. The van der Waals surface area contributed by atoms with Crippen LogP contribution < -0.4 is 0 Å². The Bertz CT molecular complexity index is 797. The molecule has 23 heavy (non-hydrogen) atoms. The van der Waals surface area contributed by atoms with Gasteiger partial charge in [-0.2, -0.15) is 0 Å². The molecular formula is C17H13Cl2NO3. The van der Waals surface area contributed by atoms with Gasteiger partial charge in [-0.1, -0.05) is 34.4 Å². The zero-order valence-electron chi connectivity index (χ0n) is 12.2. The second-order valence-electron chi connectivity index (χ2n) is 5.37. The van der Waals surface area contributed by atoms with Gasteiger partial charge in [0.15, 0.2) is 6.10 Å². The van der Waals surface area contributed by atoms with Crippen molar-refractivity contribution in [1.82, 2.24) is 0 Å². The first-order valence-corrected chi connectivity index (χ1v) is 7.72. The number of benzene rings is 2. The first-order valence-electron chi connectivity index (χ1n) is 6.97. The molecule has 0 radical (unpaired) electrons. The standard InChI is InChI=1S/C17H13Cl2NO3/c1-9-4-10(2-3-14(9)17(21)22)15-8-16(23-20-15)11-5-12(18)7-13(19)6-11/h2-7,16H,8H2,1H3,(H,21,22)/t16-/m1/s1. The lowest BCUT2D eigenvalue weighted by Crippen LogP contribution is -2.05. The van der Waals surface area contributed by atoms with Crippen LogP contribution in [-0.4, -0.2) is 16.8 Å². The lowest BCUT2D eigenvalue weighted by molar-refractivity contribution is 0.0696. The van der Waals surface area contributed by atoms with Gasteiger partial charge in [-0.05, 0) is 53.9 Å². The highest BCUT2D eigenvalue weighted by Gasteiger charge is 2.25. The second kappa shape index (κ2) is 6.22. The van der Waals surface area contributed by atoms with Crippen molar-refractivity contribution >= 4 is 34.9 Å². The lowest BCUT2D eigenvalue weighted by atomic mass is 9.97. The molecule has 0 bridgehead atoms. The first kappa shape index (κ1) is 15.8. The highest BCUT2D eigenvalue weighted by molar-refractivity contribution is 6.34. The number of aryl methyl sites for hydroxylation is 1. The fourth-order valence-corrected chi connectivity index (χ4v) is 3.11. The molecule has 1 heterocycles. The van der Waals surface area contributed by atoms with Crippen LogP contribution in [0.2, 0.25) is 10.0 Å². The Kier molecular flexibility index (Phi) is 4.28. The number of hydrogen-bond acceptors (Lipinski definition) is 3.